The van der Waals surface area contributed by atoms with Gasteiger partial charge in [-0.25, -0.2) is 0 Å². The highest BCUT2D eigenvalue weighted by molar-refractivity contribution is 7.76. The lowest BCUT2D eigenvalue weighted by Gasteiger charge is -2.31. The van der Waals surface area contributed by atoms with Crippen LogP contribution in [0.15, 0.2) is 115 Å². The summed E-state index contributed by atoms with van der Waals surface area (Å²) >= 11 is 0. The zero-order chi connectivity index (χ0) is 20.8. The number of rotatable bonds is 7. The van der Waals surface area contributed by atoms with Crippen molar-refractivity contribution in [2.45, 2.75) is 12.1 Å². The number of hydrogen-bond donors (Lipinski definition) is 2. The molecule has 3 N–H and O–H groups in total. The van der Waals surface area contributed by atoms with Crippen molar-refractivity contribution in [3.05, 3.63) is 127 Å². The third kappa shape index (κ3) is 4.27. The van der Waals surface area contributed by atoms with Crippen LogP contribution < -0.4 is 21.4 Å². The van der Waals surface area contributed by atoms with Crippen LogP contribution in [0, 0.1) is 0 Å². The summed E-state index contributed by atoms with van der Waals surface area (Å²) in [5.41, 5.74) is 8.39. The summed E-state index contributed by atoms with van der Waals surface area (Å²) in [4.78, 5) is 4.45. The largest absolute Gasteiger partial charge is 0.321 e. The fourth-order valence-corrected chi connectivity index (χ4v) is 6.02. The molecule has 0 radical (unpaired) electrons. The summed E-state index contributed by atoms with van der Waals surface area (Å²) in [6.07, 6.45) is 1.73. The number of nitrogens with zero attached hydrogens (tertiary/aromatic N) is 1. The molecule has 4 rings (SSSR count). The van der Waals surface area contributed by atoms with E-state index in [1.165, 1.54) is 0 Å². The summed E-state index contributed by atoms with van der Waals surface area (Å²) in [7, 11) is -3.18. The Kier molecular flexibility index (Phi) is 6.20. The van der Waals surface area contributed by atoms with Gasteiger partial charge in [-0.05, 0) is 42.0 Å². The smallest absolute Gasteiger partial charge is 0.205 e. The Morgan fingerprint density at radius 1 is 0.700 bits per heavy atom. The zero-order valence-electron chi connectivity index (χ0n) is 16.5. The minimum absolute atomic E-state index is 0.396. The fraction of sp³-hybridized carbons (Fsp3) is 0.0800. The van der Waals surface area contributed by atoms with E-state index < -0.39 is 19.4 Å². The van der Waals surface area contributed by atoms with E-state index in [4.69, 9.17) is 5.73 Å². The molecular formula is C25H24N3OP. The van der Waals surface area contributed by atoms with Crippen LogP contribution in [0.5, 0.6) is 0 Å². The minimum atomic E-state index is -3.18. The summed E-state index contributed by atoms with van der Waals surface area (Å²) in [5.74, 6) is 0. The van der Waals surface area contributed by atoms with Crippen molar-refractivity contribution in [3.8, 4) is 0 Å². The zero-order valence-corrected chi connectivity index (χ0v) is 17.4. The summed E-state index contributed by atoms with van der Waals surface area (Å²) in [6, 6.07) is 33.8. The minimum Gasteiger partial charge on any atom is -0.321 e. The van der Waals surface area contributed by atoms with Gasteiger partial charge >= 0.3 is 0 Å². The van der Waals surface area contributed by atoms with Crippen LogP contribution in [-0.2, 0) is 4.57 Å². The topological polar surface area (TPSA) is 68.0 Å². The highest BCUT2D eigenvalue weighted by Crippen LogP contribution is 2.44. The van der Waals surface area contributed by atoms with Crippen molar-refractivity contribution < 1.29 is 4.57 Å². The van der Waals surface area contributed by atoms with Crippen LogP contribution in [0.4, 0.5) is 0 Å². The van der Waals surface area contributed by atoms with Crippen molar-refractivity contribution >= 4 is 17.9 Å². The molecule has 4 nitrogen and oxygen atoms in total. The van der Waals surface area contributed by atoms with Crippen molar-refractivity contribution in [3.63, 3.8) is 0 Å². The third-order valence-electron chi connectivity index (χ3n) is 5.11. The van der Waals surface area contributed by atoms with Crippen LogP contribution in [0.3, 0.4) is 0 Å². The molecule has 0 unspecified atom stereocenters. The van der Waals surface area contributed by atoms with Crippen LogP contribution >= 0.6 is 7.29 Å². The van der Waals surface area contributed by atoms with Crippen molar-refractivity contribution in [1.82, 2.24) is 10.1 Å². The molecule has 0 amide bonds. The lowest BCUT2D eigenvalue weighted by Crippen LogP contribution is -2.36. The summed E-state index contributed by atoms with van der Waals surface area (Å²) in [5, 5.41) is 4.95. The molecule has 0 bridgehead atoms. The molecule has 1 heterocycles. The van der Waals surface area contributed by atoms with Gasteiger partial charge in [-0.3, -0.25) is 14.6 Å². The van der Waals surface area contributed by atoms with Crippen LogP contribution in [-0.4, -0.2) is 4.98 Å². The maximum Gasteiger partial charge on any atom is 0.205 e. The van der Waals surface area contributed by atoms with Gasteiger partial charge in [0, 0.05) is 16.8 Å². The van der Waals surface area contributed by atoms with Crippen molar-refractivity contribution in [1.29, 1.82) is 0 Å². The Morgan fingerprint density at radius 3 is 1.70 bits per heavy atom. The van der Waals surface area contributed by atoms with E-state index in [-0.39, 0.29) is 0 Å². The van der Waals surface area contributed by atoms with Crippen LogP contribution in [0.25, 0.3) is 0 Å². The quantitative estimate of drug-likeness (QED) is 0.442. The first kappa shape index (κ1) is 20.2. The molecule has 1 aromatic heterocycles. The Labute approximate surface area is 177 Å². The molecule has 0 spiro atoms. The second kappa shape index (κ2) is 9.19. The van der Waals surface area contributed by atoms with E-state index in [9.17, 15) is 4.57 Å². The predicted octanol–water partition coefficient (Wildman–Crippen LogP) is 4.34. The van der Waals surface area contributed by atoms with Crippen LogP contribution in [0.2, 0.25) is 0 Å². The van der Waals surface area contributed by atoms with Gasteiger partial charge in [0.05, 0.1) is 17.8 Å². The molecule has 5 heteroatoms. The Hall–Kier alpha value is -3.04. The Morgan fingerprint density at radius 2 is 1.20 bits per heavy atom. The van der Waals surface area contributed by atoms with Crippen molar-refractivity contribution in [2.75, 3.05) is 0 Å². The molecule has 0 saturated heterocycles. The molecule has 0 saturated carbocycles. The molecule has 0 aliphatic rings. The number of pyridine rings is 1. The number of nitrogens with two attached hydrogens (primary N) is 1. The first-order valence-corrected chi connectivity index (χ1v) is 11.6. The average molecular weight is 413 g/mol. The number of nitrogens with one attached hydrogen (secondary N) is 1. The van der Waals surface area contributed by atoms with Gasteiger partial charge in [0.2, 0.25) is 7.29 Å². The van der Waals surface area contributed by atoms with Gasteiger partial charge in [0.15, 0.2) is 0 Å². The maximum absolute atomic E-state index is 14.5. The van der Waals surface area contributed by atoms with Gasteiger partial charge in [-0.15, -0.1) is 0 Å². The Bertz CT molecular complexity index is 1060. The lowest BCUT2D eigenvalue weighted by molar-refractivity contribution is 0.503. The van der Waals surface area contributed by atoms with E-state index in [2.05, 4.69) is 10.1 Å². The lowest BCUT2D eigenvalue weighted by atomic mass is 9.98. The second-order valence-electron chi connectivity index (χ2n) is 7.08. The number of aromatic nitrogens is 1. The molecule has 150 valence electrons. The van der Waals surface area contributed by atoms with E-state index >= 15 is 0 Å². The summed E-state index contributed by atoms with van der Waals surface area (Å²) < 4.78 is 14.5. The second-order valence-corrected chi connectivity index (χ2v) is 9.59. The van der Waals surface area contributed by atoms with Gasteiger partial charge < -0.3 is 5.73 Å². The van der Waals surface area contributed by atoms with Gasteiger partial charge in [0.1, 0.15) is 0 Å². The highest BCUT2D eigenvalue weighted by Gasteiger charge is 2.34. The standard InChI is InChI=1S/C25H24N3OP/c26-24(23-18-10-11-19-27-23)25(20-12-4-1-5-13-20)28-30(29,21-14-6-2-7-15-21)22-16-8-3-9-17-22/h1-19,24-25H,26H2,(H,28,29)/t24-,25+/m0/s1. The summed E-state index contributed by atoms with van der Waals surface area (Å²) in [6.45, 7) is 0. The first-order chi connectivity index (χ1) is 14.7. The van der Waals surface area contributed by atoms with E-state index in [1.54, 1.807) is 6.20 Å². The molecule has 2 atom stereocenters. The molecule has 0 aliphatic carbocycles. The van der Waals surface area contributed by atoms with Crippen LogP contribution in [0.1, 0.15) is 23.3 Å². The third-order valence-corrected chi connectivity index (χ3v) is 7.80. The molecule has 0 aliphatic heterocycles. The first-order valence-electron chi connectivity index (χ1n) is 9.89. The normalized spacial score (nSPS) is 13.5. The number of benzene rings is 3. The number of hydrogen-bond acceptors (Lipinski definition) is 3. The molecule has 4 aromatic rings. The van der Waals surface area contributed by atoms with E-state index in [0.717, 1.165) is 21.9 Å². The van der Waals surface area contributed by atoms with E-state index in [0.29, 0.717) is 0 Å². The van der Waals surface area contributed by atoms with Gasteiger partial charge in [0.25, 0.3) is 0 Å². The fourth-order valence-electron chi connectivity index (χ4n) is 3.54. The Balaban J connectivity index is 1.82. The average Bonchev–Trinajstić information content (AvgIpc) is 2.84. The van der Waals surface area contributed by atoms with Crippen molar-refractivity contribution in [2.24, 2.45) is 5.73 Å². The van der Waals surface area contributed by atoms with Gasteiger partial charge in [-0.1, -0.05) is 72.8 Å². The van der Waals surface area contributed by atoms with E-state index in [1.807, 2.05) is 109 Å². The highest BCUT2D eigenvalue weighted by atomic mass is 31.2. The molecule has 30 heavy (non-hydrogen) atoms. The van der Waals surface area contributed by atoms with Gasteiger partial charge in [-0.2, -0.15) is 0 Å². The molecule has 3 aromatic carbocycles. The maximum atomic E-state index is 14.5. The predicted molar refractivity (Wildman–Crippen MR) is 123 cm³/mol. The SMILES string of the molecule is N[C@@H](c1ccccn1)[C@H](NP(=O)(c1ccccc1)c1ccccc1)c1ccccc1. The molecule has 0 fully saturated rings. The molecular weight excluding hydrogens is 389 g/mol. The monoisotopic (exact) mass is 413 g/mol.